The predicted molar refractivity (Wildman–Crippen MR) is 81.7 cm³/mol. The van der Waals surface area contributed by atoms with E-state index in [4.69, 9.17) is 4.18 Å². The molecule has 1 aromatic carbocycles. The molecule has 2 heterocycles. The fraction of sp³-hybridized carbons (Fsp3) is 0.0714. The summed E-state index contributed by atoms with van der Waals surface area (Å²) in [4.78, 5) is 0.909. The SMILES string of the molecule is Cc1cc(-c2cccs2)nn1S(=O)(=O)Oc1ccccc1. The maximum absolute atomic E-state index is 12.3. The zero-order chi connectivity index (χ0) is 14.9. The zero-order valence-corrected chi connectivity index (χ0v) is 12.8. The fourth-order valence-corrected chi connectivity index (χ4v) is 3.56. The number of para-hydroxylation sites is 1. The maximum atomic E-state index is 12.3. The van der Waals surface area contributed by atoms with Crippen molar-refractivity contribution in [1.82, 2.24) is 9.19 Å². The Balaban J connectivity index is 1.96. The maximum Gasteiger partial charge on any atom is 0.429 e. The first-order valence-electron chi connectivity index (χ1n) is 6.17. The molecule has 0 aliphatic heterocycles. The van der Waals surface area contributed by atoms with E-state index in [1.165, 1.54) is 11.3 Å². The van der Waals surface area contributed by atoms with Gasteiger partial charge in [0.1, 0.15) is 11.4 Å². The summed E-state index contributed by atoms with van der Waals surface area (Å²) in [6.07, 6.45) is 0. The number of hydrogen-bond acceptors (Lipinski definition) is 5. The molecule has 108 valence electrons. The van der Waals surface area contributed by atoms with E-state index in [1.807, 2.05) is 17.5 Å². The van der Waals surface area contributed by atoms with E-state index in [-0.39, 0.29) is 5.75 Å². The summed E-state index contributed by atoms with van der Waals surface area (Å²) < 4.78 is 30.6. The van der Waals surface area contributed by atoms with Crippen LogP contribution in [0.5, 0.6) is 5.75 Å². The van der Waals surface area contributed by atoms with Crippen LogP contribution in [0.4, 0.5) is 0 Å². The van der Waals surface area contributed by atoms with E-state index in [9.17, 15) is 8.42 Å². The van der Waals surface area contributed by atoms with Crippen molar-refractivity contribution in [3.8, 4) is 16.3 Å². The second-order valence-electron chi connectivity index (χ2n) is 4.35. The first-order valence-corrected chi connectivity index (χ1v) is 8.41. The number of aryl methyl sites for hydroxylation is 1. The smallest absolute Gasteiger partial charge is 0.366 e. The largest absolute Gasteiger partial charge is 0.429 e. The minimum atomic E-state index is -4.00. The average molecular weight is 320 g/mol. The van der Waals surface area contributed by atoms with Crippen molar-refractivity contribution < 1.29 is 12.6 Å². The first kappa shape index (κ1) is 13.8. The lowest BCUT2D eigenvalue weighted by atomic mass is 10.3. The monoisotopic (exact) mass is 320 g/mol. The third-order valence-electron chi connectivity index (χ3n) is 2.78. The van der Waals surface area contributed by atoms with E-state index < -0.39 is 10.3 Å². The molecular weight excluding hydrogens is 308 g/mol. The van der Waals surface area contributed by atoms with Crippen molar-refractivity contribution in [3.05, 3.63) is 59.6 Å². The number of rotatable bonds is 4. The Morgan fingerprint density at radius 3 is 2.57 bits per heavy atom. The molecule has 21 heavy (non-hydrogen) atoms. The molecule has 7 heteroatoms. The van der Waals surface area contributed by atoms with Crippen LogP contribution in [0.1, 0.15) is 5.69 Å². The van der Waals surface area contributed by atoms with Crippen molar-refractivity contribution >= 4 is 21.6 Å². The van der Waals surface area contributed by atoms with Gasteiger partial charge in [0.15, 0.2) is 0 Å². The number of thiophene rings is 1. The van der Waals surface area contributed by atoms with Crippen LogP contribution in [-0.2, 0) is 10.3 Å². The van der Waals surface area contributed by atoms with Gasteiger partial charge in [0.2, 0.25) is 0 Å². The molecule has 3 aromatic rings. The van der Waals surface area contributed by atoms with Gasteiger partial charge < -0.3 is 4.18 Å². The van der Waals surface area contributed by atoms with Crippen LogP contribution in [0.3, 0.4) is 0 Å². The summed E-state index contributed by atoms with van der Waals surface area (Å²) in [6.45, 7) is 1.68. The zero-order valence-electron chi connectivity index (χ0n) is 11.1. The highest BCUT2D eigenvalue weighted by atomic mass is 32.2. The molecule has 0 saturated carbocycles. The topological polar surface area (TPSA) is 61.2 Å². The minimum absolute atomic E-state index is 0.255. The molecule has 0 N–H and O–H groups in total. The van der Waals surface area contributed by atoms with Crippen molar-refractivity contribution in [3.63, 3.8) is 0 Å². The van der Waals surface area contributed by atoms with Gasteiger partial charge >= 0.3 is 10.3 Å². The van der Waals surface area contributed by atoms with Crippen LogP contribution >= 0.6 is 11.3 Å². The Bertz CT molecular complexity index is 838. The molecule has 3 rings (SSSR count). The minimum Gasteiger partial charge on any atom is -0.366 e. The molecule has 0 aliphatic rings. The average Bonchev–Trinajstić information content (AvgIpc) is 3.08. The highest BCUT2D eigenvalue weighted by Gasteiger charge is 2.21. The molecule has 0 unspecified atom stereocenters. The van der Waals surface area contributed by atoms with Crippen LogP contribution in [0.25, 0.3) is 10.6 Å². The van der Waals surface area contributed by atoms with Crippen LogP contribution in [0.15, 0.2) is 53.9 Å². The molecule has 2 aromatic heterocycles. The third-order valence-corrected chi connectivity index (χ3v) is 4.86. The second-order valence-corrected chi connectivity index (χ2v) is 6.66. The van der Waals surface area contributed by atoms with E-state index >= 15 is 0 Å². The normalized spacial score (nSPS) is 11.5. The molecule has 0 spiro atoms. The Morgan fingerprint density at radius 2 is 1.90 bits per heavy atom. The van der Waals surface area contributed by atoms with Gasteiger partial charge in [0.05, 0.1) is 10.6 Å². The Morgan fingerprint density at radius 1 is 1.14 bits per heavy atom. The van der Waals surface area contributed by atoms with Crippen molar-refractivity contribution in [2.75, 3.05) is 0 Å². The highest BCUT2D eigenvalue weighted by molar-refractivity contribution is 7.85. The first-order chi connectivity index (χ1) is 10.1. The quantitative estimate of drug-likeness (QED) is 0.741. The van der Waals surface area contributed by atoms with Crippen LogP contribution < -0.4 is 4.18 Å². The van der Waals surface area contributed by atoms with Crippen LogP contribution in [0, 0.1) is 6.92 Å². The highest BCUT2D eigenvalue weighted by Crippen LogP contribution is 2.25. The molecule has 0 atom stereocenters. The van der Waals surface area contributed by atoms with Crippen molar-refractivity contribution in [2.45, 2.75) is 6.92 Å². The molecular formula is C14H12N2O3S2. The van der Waals surface area contributed by atoms with Gasteiger partial charge in [0, 0.05) is 0 Å². The van der Waals surface area contributed by atoms with Crippen LogP contribution in [-0.4, -0.2) is 17.6 Å². The molecule has 0 bridgehead atoms. The van der Waals surface area contributed by atoms with Crippen molar-refractivity contribution in [1.29, 1.82) is 0 Å². The fourth-order valence-electron chi connectivity index (χ4n) is 1.86. The Labute approximate surface area is 126 Å². The molecule has 5 nitrogen and oxygen atoms in total. The van der Waals surface area contributed by atoms with E-state index in [2.05, 4.69) is 5.10 Å². The lowest BCUT2D eigenvalue weighted by Crippen LogP contribution is -2.21. The number of hydrogen-bond donors (Lipinski definition) is 0. The summed E-state index contributed by atoms with van der Waals surface area (Å²) in [5, 5.41) is 6.05. The van der Waals surface area contributed by atoms with Crippen LogP contribution in [0.2, 0.25) is 0 Å². The standard InChI is InChI=1S/C14H12N2O3S2/c1-11-10-13(14-8-5-9-20-14)15-16(11)21(17,18)19-12-6-3-2-4-7-12/h2-10H,1H3. The third kappa shape index (κ3) is 2.84. The molecule has 0 aliphatic carbocycles. The summed E-state index contributed by atoms with van der Waals surface area (Å²) in [6, 6.07) is 13.9. The van der Waals surface area contributed by atoms with E-state index in [1.54, 1.807) is 43.3 Å². The number of nitrogens with zero attached hydrogens (tertiary/aromatic N) is 2. The second kappa shape index (κ2) is 5.34. The molecule has 0 amide bonds. The lowest BCUT2D eigenvalue weighted by Gasteiger charge is -2.07. The molecule has 0 radical (unpaired) electrons. The van der Waals surface area contributed by atoms with Gasteiger partial charge in [-0.25, -0.2) is 0 Å². The van der Waals surface area contributed by atoms with Gasteiger partial charge in [-0.15, -0.1) is 15.4 Å². The van der Waals surface area contributed by atoms with E-state index in [0.29, 0.717) is 11.4 Å². The summed E-state index contributed by atoms with van der Waals surface area (Å²) in [5.41, 5.74) is 1.11. The lowest BCUT2D eigenvalue weighted by molar-refractivity contribution is 0.468. The predicted octanol–water partition coefficient (Wildman–Crippen LogP) is 3.09. The van der Waals surface area contributed by atoms with Gasteiger partial charge in [-0.05, 0) is 36.6 Å². The van der Waals surface area contributed by atoms with Crippen molar-refractivity contribution in [2.24, 2.45) is 0 Å². The number of benzene rings is 1. The summed E-state index contributed by atoms with van der Waals surface area (Å²) in [7, 11) is -4.00. The summed E-state index contributed by atoms with van der Waals surface area (Å²) in [5.74, 6) is 0.255. The van der Waals surface area contributed by atoms with E-state index in [0.717, 1.165) is 8.96 Å². The summed E-state index contributed by atoms with van der Waals surface area (Å²) >= 11 is 1.50. The number of aromatic nitrogens is 2. The van der Waals surface area contributed by atoms with Gasteiger partial charge in [-0.1, -0.05) is 24.3 Å². The Kier molecular flexibility index (Phi) is 3.52. The van der Waals surface area contributed by atoms with Gasteiger partial charge in [-0.3, -0.25) is 0 Å². The van der Waals surface area contributed by atoms with Gasteiger partial charge in [-0.2, -0.15) is 13.5 Å². The van der Waals surface area contributed by atoms with Gasteiger partial charge in [0.25, 0.3) is 0 Å². The molecule has 0 saturated heterocycles. The Hall–Kier alpha value is -2.12. The molecule has 0 fully saturated rings.